The normalized spacial score (nSPS) is 11.4. The Kier molecular flexibility index (Phi) is 4.14. The summed E-state index contributed by atoms with van der Waals surface area (Å²) >= 11 is 5.96. The summed E-state index contributed by atoms with van der Waals surface area (Å²) in [5.41, 5.74) is -0.0579. The molecule has 0 amide bonds. The van der Waals surface area contributed by atoms with Crippen LogP contribution < -0.4 is 5.32 Å². The summed E-state index contributed by atoms with van der Waals surface area (Å²) in [5.74, 6) is 1.37. The number of halogens is 1. The minimum Gasteiger partial charge on any atom is -0.362 e. The molecule has 1 heterocycles. The maximum Gasteiger partial charge on any atom is 0.149 e. The average molecular weight is 214 g/mol. The molecule has 0 unspecified atom stereocenters. The fourth-order valence-electron chi connectivity index (χ4n) is 1.29. The van der Waals surface area contributed by atoms with Crippen molar-refractivity contribution in [2.75, 3.05) is 11.2 Å². The first-order valence-corrected chi connectivity index (χ1v) is 5.41. The van der Waals surface area contributed by atoms with Crippen molar-refractivity contribution in [1.82, 2.24) is 10.2 Å². The molecule has 0 aliphatic rings. The Balaban J connectivity index is 2.74. The summed E-state index contributed by atoms with van der Waals surface area (Å²) in [5, 5.41) is 11.1. The van der Waals surface area contributed by atoms with Crippen LogP contribution in [0.1, 0.15) is 26.7 Å². The number of nitrogens with one attached hydrogen (secondary N) is 1. The number of alkyl halides is 1. The van der Waals surface area contributed by atoms with Gasteiger partial charge in [0.25, 0.3) is 0 Å². The molecule has 78 valence electrons. The van der Waals surface area contributed by atoms with Crippen LogP contribution in [-0.4, -0.2) is 21.6 Å². The van der Waals surface area contributed by atoms with Crippen molar-refractivity contribution in [3.63, 3.8) is 0 Å². The zero-order valence-corrected chi connectivity index (χ0v) is 9.38. The predicted molar refractivity (Wildman–Crippen MR) is 59.7 cm³/mol. The molecular formula is C10H16ClN3. The van der Waals surface area contributed by atoms with Crippen molar-refractivity contribution in [3.8, 4) is 0 Å². The van der Waals surface area contributed by atoms with Crippen LogP contribution in [-0.2, 0) is 0 Å². The number of aromatic nitrogens is 2. The summed E-state index contributed by atoms with van der Waals surface area (Å²) in [6.07, 6.45) is 3.61. The fourth-order valence-corrected chi connectivity index (χ4v) is 1.73. The standard InChI is InChI=1S/C10H16ClN3/c1-3-10(4-2,8-11)13-9-6-5-7-12-14-9/h5-7H,3-4,8H2,1-2H3,(H,13,14). The molecule has 0 radical (unpaired) electrons. The molecule has 0 atom stereocenters. The van der Waals surface area contributed by atoms with E-state index >= 15 is 0 Å². The van der Waals surface area contributed by atoms with Crippen molar-refractivity contribution in [2.24, 2.45) is 0 Å². The van der Waals surface area contributed by atoms with Gasteiger partial charge in [0.1, 0.15) is 5.82 Å². The number of rotatable bonds is 5. The molecule has 1 N–H and O–H groups in total. The Labute approximate surface area is 89.9 Å². The van der Waals surface area contributed by atoms with Gasteiger partial charge in [-0.25, -0.2) is 0 Å². The van der Waals surface area contributed by atoms with E-state index in [1.807, 2.05) is 12.1 Å². The first kappa shape index (κ1) is 11.2. The molecule has 1 rings (SSSR count). The van der Waals surface area contributed by atoms with Gasteiger partial charge < -0.3 is 5.32 Å². The van der Waals surface area contributed by atoms with Crippen molar-refractivity contribution in [1.29, 1.82) is 0 Å². The lowest BCUT2D eigenvalue weighted by Gasteiger charge is -2.30. The van der Waals surface area contributed by atoms with Gasteiger partial charge in [-0.15, -0.1) is 16.7 Å². The topological polar surface area (TPSA) is 37.8 Å². The molecule has 0 saturated carbocycles. The zero-order valence-electron chi connectivity index (χ0n) is 8.63. The smallest absolute Gasteiger partial charge is 0.149 e. The van der Waals surface area contributed by atoms with Crippen LogP contribution in [0.5, 0.6) is 0 Å². The maximum atomic E-state index is 5.96. The minimum absolute atomic E-state index is 0.0579. The largest absolute Gasteiger partial charge is 0.362 e. The first-order valence-electron chi connectivity index (χ1n) is 4.88. The van der Waals surface area contributed by atoms with Crippen LogP contribution in [0.2, 0.25) is 0 Å². The third-order valence-corrected chi connectivity index (χ3v) is 3.09. The molecule has 4 heteroatoms. The molecule has 1 aromatic heterocycles. The van der Waals surface area contributed by atoms with E-state index in [0.717, 1.165) is 18.7 Å². The third-order valence-electron chi connectivity index (χ3n) is 2.57. The van der Waals surface area contributed by atoms with Gasteiger partial charge in [0.2, 0.25) is 0 Å². The maximum absolute atomic E-state index is 5.96. The molecule has 3 nitrogen and oxygen atoms in total. The van der Waals surface area contributed by atoms with E-state index in [9.17, 15) is 0 Å². The highest BCUT2D eigenvalue weighted by molar-refractivity contribution is 6.18. The van der Waals surface area contributed by atoms with Crippen molar-refractivity contribution < 1.29 is 0 Å². The first-order chi connectivity index (χ1) is 6.76. The van der Waals surface area contributed by atoms with Crippen molar-refractivity contribution in [2.45, 2.75) is 32.2 Å². The number of anilines is 1. The van der Waals surface area contributed by atoms with E-state index in [-0.39, 0.29) is 5.54 Å². The van der Waals surface area contributed by atoms with E-state index in [4.69, 9.17) is 11.6 Å². The van der Waals surface area contributed by atoms with Crippen LogP contribution in [0.4, 0.5) is 5.82 Å². The molecule has 0 aliphatic heterocycles. The van der Waals surface area contributed by atoms with Gasteiger partial charge in [-0.1, -0.05) is 13.8 Å². The molecule has 0 spiro atoms. The molecule has 0 aliphatic carbocycles. The Morgan fingerprint density at radius 2 is 2.14 bits per heavy atom. The number of nitrogens with zero attached hydrogens (tertiary/aromatic N) is 2. The highest BCUT2D eigenvalue weighted by Crippen LogP contribution is 2.21. The fraction of sp³-hybridized carbons (Fsp3) is 0.600. The van der Waals surface area contributed by atoms with E-state index in [1.165, 1.54) is 0 Å². The van der Waals surface area contributed by atoms with Gasteiger partial charge in [0.15, 0.2) is 0 Å². The van der Waals surface area contributed by atoms with Gasteiger partial charge in [0.05, 0.1) is 5.54 Å². The molecule has 0 aromatic carbocycles. The molecule has 0 fully saturated rings. The van der Waals surface area contributed by atoms with Gasteiger partial charge >= 0.3 is 0 Å². The summed E-state index contributed by atoms with van der Waals surface area (Å²) in [7, 11) is 0. The monoisotopic (exact) mass is 213 g/mol. The van der Waals surface area contributed by atoms with Crippen LogP contribution in [0.3, 0.4) is 0 Å². The summed E-state index contributed by atoms with van der Waals surface area (Å²) in [6, 6.07) is 3.76. The van der Waals surface area contributed by atoms with Gasteiger partial charge in [-0.05, 0) is 25.0 Å². The summed E-state index contributed by atoms with van der Waals surface area (Å²) in [6.45, 7) is 4.24. The lowest BCUT2D eigenvalue weighted by atomic mass is 9.95. The average Bonchev–Trinajstić information content (AvgIpc) is 2.28. The lowest BCUT2D eigenvalue weighted by Crippen LogP contribution is -2.39. The van der Waals surface area contributed by atoms with Crippen LogP contribution >= 0.6 is 11.6 Å². The molecular weight excluding hydrogens is 198 g/mol. The van der Waals surface area contributed by atoms with E-state index in [2.05, 4.69) is 29.4 Å². The molecule has 1 aromatic rings. The predicted octanol–water partition coefficient (Wildman–Crippen LogP) is 2.69. The number of hydrogen-bond acceptors (Lipinski definition) is 3. The molecule has 14 heavy (non-hydrogen) atoms. The Bertz CT molecular complexity index is 251. The second-order valence-electron chi connectivity index (χ2n) is 3.35. The highest BCUT2D eigenvalue weighted by atomic mass is 35.5. The SMILES string of the molecule is CCC(CC)(CCl)Nc1cccnn1. The van der Waals surface area contributed by atoms with Crippen LogP contribution in [0.15, 0.2) is 18.3 Å². The van der Waals surface area contributed by atoms with Gasteiger partial charge in [-0.2, -0.15) is 5.10 Å². The Hall–Kier alpha value is -0.830. The second-order valence-corrected chi connectivity index (χ2v) is 3.62. The third kappa shape index (κ3) is 2.58. The zero-order chi connectivity index (χ0) is 10.4. The van der Waals surface area contributed by atoms with Crippen LogP contribution in [0, 0.1) is 0 Å². The highest BCUT2D eigenvalue weighted by Gasteiger charge is 2.24. The Morgan fingerprint density at radius 1 is 1.43 bits per heavy atom. The second kappa shape index (κ2) is 5.15. The van der Waals surface area contributed by atoms with Gasteiger partial charge in [-0.3, -0.25) is 0 Å². The number of hydrogen-bond donors (Lipinski definition) is 1. The van der Waals surface area contributed by atoms with E-state index < -0.39 is 0 Å². The Morgan fingerprint density at radius 3 is 2.57 bits per heavy atom. The summed E-state index contributed by atoms with van der Waals surface area (Å²) in [4.78, 5) is 0. The van der Waals surface area contributed by atoms with Crippen LogP contribution in [0.25, 0.3) is 0 Å². The lowest BCUT2D eigenvalue weighted by molar-refractivity contribution is 0.482. The van der Waals surface area contributed by atoms with Crippen molar-refractivity contribution in [3.05, 3.63) is 18.3 Å². The molecule has 0 bridgehead atoms. The minimum atomic E-state index is -0.0579. The molecule has 0 saturated heterocycles. The van der Waals surface area contributed by atoms with Crippen molar-refractivity contribution >= 4 is 17.4 Å². The van der Waals surface area contributed by atoms with E-state index in [0.29, 0.717) is 5.88 Å². The quantitative estimate of drug-likeness (QED) is 0.765. The van der Waals surface area contributed by atoms with Gasteiger partial charge in [0, 0.05) is 12.1 Å². The summed E-state index contributed by atoms with van der Waals surface area (Å²) < 4.78 is 0. The van der Waals surface area contributed by atoms with E-state index in [1.54, 1.807) is 6.20 Å².